The Labute approximate surface area is 167 Å². The van der Waals surface area contributed by atoms with Gasteiger partial charge in [0, 0.05) is 38.3 Å². The van der Waals surface area contributed by atoms with Crippen molar-refractivity contribution in [3.63, 3.8) is 0 Å². The topological polar surface area (TPSA) is 76.5 Å². The van der Waals surface area contributed by atoms with E-state index >= 15 is 0 Å². The highest BCUT2D eigenvalue weighted by atomic mass is 35.5. The molecular formula is C18H31ClN4O3S. The van der Waals surface area contributed by atoms with E-state index < -0.39 is 9.84 Å². The van der Waals surface area contributed by atoms with Crippen molar-refractivity contribution in [2.75, 3.05) is 44.3 Å². The molecule has 2 aliphatic rings. The third-order valence-electron chi connectivity index (χ3n) is 5.22. The first-order valence-electron chi connectivity index (χ1n) is 9.73. The highest BCUT2D eigenvalue weighted by Gasteiger charge is 2.32. The molecule has 2 saturated heterocycles. The molecule has 0 amide bonds. The van der Waals surface area contributed by atoms with Crippen LogP contribution in [0.5, 0.6) is 0 Å². The van der Waals surface area contributed by atoms with Crippen LogP contribution in [0.3, 0.4) is 0 Å². The zero-order valence-corrected chi connectivity index (χ0v) is 18.0. The van der Waals surface area contributed by atoms with Crippen LogP contribution < -0.4 is 5.32 Å². The summed E-state index contributed by atoms with van der Waals surface area (Å²) in [6.45, 7) is 11.6. The molecule has 3 heterocycles. The van der Waals surface area contributed by atoms with Gasteiger partial charge < -0.3 is 10.1 Å². The normalized spacial score (nSPS) is 26.1. The average Bonchev–Trinajstić information content (AvgIpc) is 3.08. The number of aryl methyl sites for hydroxylation is 1. The van der Waals surface area contributed by atoms with Crippen molar-refractivity contribution in [1.29, 1.82) is 0 Å². The van der Waals surface area contributed by atoms with Gasteiger partial charge in [-0.15, -0.1) is 0 Å². The summed E-state index contributed by atoms with van der Waals surface area (Å²) in [6, 6.07) is -0.152. The first-order valence-corrected chi connectivity index (χ1v) is 11.9. The molecule has 0 aliphatic carbocycles. The molecule has 0 radical (unpaired) electrons. The van der Waals surface area contributed by atoms with Gasteiger partial charge in [0.1, 0.15) is 5.15 Å². The monoisotopic (exact) mass is 418 g/mol. The lowest BCUT2D eigenvalue weighted by atomic mass is 10.1. The van der Waals surface area contributed by atoms with E-state index in [4.69, 9.17) is 16.3 Å². The number of morpholine rings is 1. The Kier molecular flexibility index (Phi) is 6.84. The van der Waals surface area contributed by atoms with E-state index in [1.807, 2.05) is 6.92 Å². The van der Waals surface area contributed by atoms with Crippen molar-refractivity contribution in [1.82, 2.24) is 20.0 Å². The van der Waals surface area contributed by atoms with Crippen molar-refractivity contribution in [2.24, 2.45) is 5.92 Å². The zero-order valence-electron chi connectivity index (χ0n) is 16.4. The Morgan fingerprint density at radius 2 is 2.19 bits per heavy atom. The van der Waals surface area contributed by atoms with Gasteiger partial charge in [-0.1, -0.05) is 25.4 Å². The standard InChI is InChI=1S/C18H31ClN4O3S/c1-13(2)10-22-5-6-26-16(11-22)8-20-9-17-14(3)21-23(18(17)19)15-4-7-27(24,25)12-15/h13,15-16,20H,4-12H2,1-3H3/t15-,16-/m0/s1. The van der Waals surface area contributed by atoms with E-state index in [2.05, 4.69) is 29.2 Å². The Morgan fingerprint density at radius 3 is 2.85 bits per heavy atom. The number of halogens is 1. The molecular weight excluding hydrogens is 388 g/mol. The number of rotatable bonds is 7. The molecule has 0 unspecified atom stereocenters. The summed E-state index contributed by atoms with van der Waals surface area (Å²) >= 11 is 6.53. The van der Waals surface area contributed by atoms with Gasteiger partial charge in [0.05, 0.1) is 36.0 Å². The lowest BCUT2D eigenvalue weighted by Gasteiger charge is -2.34. The molecule has 2 aliphatic heterocycles. The maximum Gasteiger partial charge on any atom is 0.152 e. The minimum atomic E-state index is -2.97. The second kappa shape index (κ2) is 8.78. The summed E-state index contributed by atoms with van der Waals surface area (Å²) in [5.41, 5.74) is 1.79. The summed E-state index contributed by atoms with van der Waals surface area (Å²) in [4.78, 5) is 2.46. The van der Waals surface area contributed by atoms with E-state index in [-0.39, 0.29) is 23.7 Å². The second-order valence-corrected chi connectivity index (χ2v) is 10.7. The van der Waals surface area contributed by atoms with Crippen molar-refractivity contribution < 1.29 is 13.2 Å². The minimum absolute atomic E-state index is 0.127. The predicted octanol–water partition coefficient (Wildman–Crippen LogP) is 1.65. The number of sulfone groups is 1. The van der Waals surface area contributed by atoms with Crippen LogP contribution in [-0.4, -0.2) is 73.5 Å². The Balaban J connectivity index is 1.54. The highest BCUT2D eigenvalue weighted by molar-refractivity contribution is 7.91. The van der Waals surface area contributed by atoms with Crippen molar-refractivity contribution in [3.05, 3.63) is 16.4 Å². The summed E-state index contributed by atoms with van der Waals surface area (Å²) in [6.07, 6.45) is 0.754. The number of nitrogens with one attached hydrogen (secondary N) is 1. The minimum Gasteiger partial charge on any atom is -0.374 e. The summed E-state index contributed by atoms with van der Waals surface area (Å²) < 4.78 is 31.1. The largest absolute Gasteiger partial charge is 0.374 e. The van der Waals surface area contributed by atoms with Gasteiger partial charge in [0.15, 0.2) is 9.84 Å². The average molecular weight is 419 g/mol. The quantitative estimate of drug-likeness (QED) is 0.725. The van der Waals surface area contributed by atoms with E-state index in [1.165, 1.54) is 0 Å². The lowest BCUT2D eigenvalue weighted by Crippen LogP contribution is -2.47. The maximum atomic E-state index is 11.7. The van der Waals surface area contributed by atoms with Gasteiger partial charge in [0.25, 0.3) is 0 Å². The van der Waals surface area contributed by atoms with E-state index in [9.17, 15) is 8.42 Å². The molecule has 1 N–H and O–H groups in total. The van der Waals surface area contributed by atoms with Crippen LogP contribution in [0.2, 0.25) is 5.15 Å². The van der Waals surface area contributed by atoms with E-state index in [1.54, 1.807) is 4.68 Å². The fourth-order valence-corrected chi connectivity index (χ4v) is 5.98. The Bertz CT molecular complexity index is 750. The van der Waals surface area contributed by atoms with Gasteiger partial charge in [-0.05, 0) is 19.3 Å². The molecule has 0 bridgehead atoms. The maximum absolute atomic E-state index is 11.7. The number of nitrogens with zero attached hydrogens (tertiary/aromatic N) is 3. The fraction of sp³-hybridized carbons (Fsp3) is 0.833. The molecule has 3 rings (SSSR count). The zero-order chi connectivity index (χ0) is 19.6. The van der Waals surface area contributed by atoms with Crippen molar-refractivity contribution in [3.8, 4) is 0 Å². The molecule has 0 spiro atoms. The third kappa shape index (κ3) is 5.44. The molecule has 1 aromatic heterocycles. The van der Waals surface area contributed by atoms with Gasteiger partial charge in [-0.3, -0.25) is 4.90 Å². The molecule has 2 atom stereocenters. The summed E-state index contributed by atoms with van der Waals surface area (Å²) in [5, 5.41) is 8.50. The second-order valence-electron chi connectivity index (χ2n) is 8.13. The molecule has 9 heteroatoms. The van der Waals surface area contributed by atoms with Crippen LogP contribution in [0, 0.1) is 12.8 Å². The third-order valence-corrected chi connectivity index (χ3v) is 7.37. The molecule has 0 aromatic carbocycles. The van der Waals surface area contributed by atoms with Gasteiger partial charge >= 0.3 is 0 Å². The number of aromatic nitrogens is 2. The van der Waals surface area contributed by atoms with Crippen molar-refractivity contribution in [2.45, 2.75) is 45.9 Å². The van der Waals surface area contributed by atoms with Gasteiger partial charge in [-0.2, -0.15) is 5.10 Å². The molecule has 2 fully saturated rings. The van der Waals surface area contributed by atoms with Crippen LogP contribution in [0.1, 0.15) is 37.6 Å². The molecule has 7 nitrogen and oxygen atoms in total. The number of ether oxygens (including phenoxy) is 1. The van der Waals surface area contributed by atoms with Crippen LogP contribution in [0.4, 0.5) is 0 Å². The molecule has 1 aromatic rings. The van der Waals surface area contributed by atoms with Gasteiger partial charge in [-0.25, -0.2) is 13.1 Å². The number of hydrogen-bond donors (Lipinski definition) is 1. The van der Waals surface area contributed by atoms with E-state index in [0.717, 1.165) is 44.0 Å². The van der Waals surface area contributed by atoms with Gasteiger partial charge in [0.2, 0.25) is 0 Å². The first kappa shape index (κ1) is 21.0. The Hall–Kier alpha value is -0.670. The van der Waals surface area contributed by atoms with Crippen molar-refractivity contribution >= 4 is 21.4 Å². The Morgan fingerprint density at radius 1 is 1.41 bits per heavy atom. The van der Waals surface area contributed by atoms with Crippen LogP contribution in [-0.2, 0) is 21.1 Å². The van der Waals surface area contributed by atoms with Crippen LogP contribution in [0.25, 0.3) is 0 Å². The summed E-state index contributed by atoms with van der Waals surface area (Å²) in [5.74, 6) is 0.998. The number of hydrogen-bond acceptors (Lipinski definition) is 6. The fourth-order valence-electron chi connectivity index (χ4n) is 3.91. The lowest BCUT2D eigenvalue weighted by molar-refractivity contribution is -0.0303. The molecule has 154 valence electrons. The highest BCUT2D eigenvalue weighted by Crippen LogP contribution is 2.29. The molecule has 27 heavy (non-hydrogen) atoms. The van der Waals surface area contributed by atoms with E-state index in [0.29, 0.717) is 24.0 Å². The molecule has 0 saturated carbocycles. The van der Waals surface area contributed by atoms with Crippen LogP contribution in [0.15, 0.2) is 0 Å². The predicted molar refractivity (Wildman–Crippen MR) is 107 cm³/mol. The first-order chi connectivity index (χ1) is 12.7. The summed E-state index contributed by atoms with van der Waals surface area (Å²) in [7, 11) is -2.97. The smallest absolute Gasteiger partial charge is 0.152 e. The van der Waals surface area contributed by atoms with Crippen LogP contribution >= 0.6 is 11.6 Å². The SMILES string of the molecule is Cc1nn([C@H]2CCS(=O)(=O)C2)c(Cl)c1CNC[C@H]1CN(CC(C)C)CCO1.